The maximum atomic E-state index is 12.9. The molecule has 0 spiro atoms. The summed E-state index contributed by atoms with van der Waals surface area (Å²) in [6.07, 6.45) is -3.80. The van der Waals surface area contributed by atoms with Crippen LogP contribution in [-0.4, -0.2) is 40.0 Å². The van der Waals surface area contributed by atoms with Crippen LogP contribution in [0.15, 0.2) is 17.0 Å². The molecular weight excluding hydrogens is 335 g/mol. The Labute approximate surface area is 131 Å². The van der Waals surface area contributed by atoms with Crippen LogP contribution in [0, 0.1) is 0 Å². The third kappa shape index (κ3) is 3.95. The van der Waals surface area contributed by atoms with E-state index in [0.29, 0.717) is 11.1 Å². The molecule has 1 aliphatic rings. The normalized spacial score (nSPS) is 18.0. The largest absolute Gasteiger partial charge is 0.469 e. The fraction of sp³-hybridized carbons (Fsp3) is 0.500. The second-order valence-electron chi connectivity index (χ2n) is 5.43. The fourth-order valence-corrected chi connectivity index (χ4v) is 3.45. The standard InChI is InChI=1S/C14H16F3NO4S/c1-22-12(19)7-8-5-9-3-4-11(14(15,16)17)18-13(9)10(6-8)23(2,20)21/h5-6,11,18H,3-4,7H2,1-2H3. The molecule has 1 aromatic carbocycles. The number of anilines is 1. The van der Waals surface area contributed by atoms with Gasteiger partial charge in [0.15, 0.2) is 9.84 Å². The molecule has 0 aliphatic carbocycles. The van der Waals surface area contributed by atoms with Crippen molar-refractivity contribution < 1.29 is 31.1 Å². The van der Waals surface area contributed by atoms with Gasteiger partial charge in [-0.25, -0.2) is 8.42 Å². The molecule has 5 nitrogen and oxygen atoms in total. The van der Waals surface area contributed by atoms with E-state index < -0.39 is 28.0 Å². The quantitative estimate of drug-likeness (QED) is 0.845. The summed E-state index contributed by atoms with van der Waals surface area (Å²) in [4.78, 5) is 11.1. The summed E-state index contributed by atoms with van der Waals surface area (Å²) in [6.45, 7) is 0. The first-order chi connectivity index (χ1) is 10.5. The van der Waals surface area contributed by atoms with E-state index in [4.69, 9.17) is 0 Å². The predicted octanol–water partition coefficient (Wildman–Crippen LogP) is 2.09. The Morgan fingerprint density at radius 1 is 1.39 bits per heavy atom. The predicted molar refractivity (Wildman–Crippen MR) is 77.1 cm³/mol. The number of methoxy groups -OCH3 is 1. The highest BCUT2D eigenvalue weighted by atomic mass is 32.2. The van der Waals surface area contributed by atoms with Gasteiger partial charge in [0, 0.05) is 6.26 Å². The molecule has 23 heavy (non-hydrogen) atoms. The number of hydrogen-bond donors (Lipinski definition) is 1. The molecule has 2 rings (SSSR count). The molecular formula is C14H16F3NO4S. The number of halogens is 3. The van der Waals surface area contributed by atoms with Gasteiger partial charge < -0.3 is 10.1 Å². The fourth-order valence-electron chi connectivity index (χ4n) is 2.52. The lowest BCUT2D eigenvalue weighted by Crippen LogP contribution is -2.39. The minimum absolute atomic E-state index is 0.0327. The van der Waals surface area contributed by atoms with Gasteiger partial charge in [-0.1, -0.05) is 6.07 Å². The zero-order chi connectivity index (χ0) is 17.4. The molecule has 1 atom stereocenters. The number of hydrogen-bond acceptors (Lipinski definition) is 5. The van der Waals surface area contributed by atoms with Gasteiger partial charge in [-0.15, -0.1) is 0 Å². The maximum Gasteiger partial charge on any atom is 0.408 e. The Kier molecular flexibility index (Phi) is 4.61. The van der Waals surface area contributed by atoms with Gasteiger partial charge in [-0.2, -0.15) is 13.2 Å². The minimum atomic E-state index is -4.46. The van der Waals surface area contributed by atoms with Crippen LogP contribution in [0.3, 0.4) is 0 Å². The molecule has 0 bridgehead atoms. The molecule has 0 saturated heterocycles. The molecule has 9 heteroatoms. The van der Waals surface area contributed by atoms with E-state index >= 15 is 0 Å². The van der Waals surface area contributed by atoms with E-state index in [-0.39, 0.29) is 29.8 Å². The van der Waals surface area contributed by atoms with Crippen LogP contribution >= 0.6 is 0 Å². The molecule has 0 fully saturated rings. The van der Waals surface area contributed by atoms with Crippen LogP contribution in [0.5, 0.6) is 0 Å². The van der Waals surface area contributed by atoms with Crippen LogP contribution in [0.25, 0.3) is 0 Å². The van der Waals surface area contributed by atoms with Crippen molar-refractivity contribution in [3.05, 3.63) is 23.3 Å². The van der Waals surface area contributed by atoms with Crippen LogP contribution in [0.4, 0.5) is 18.9 Å². The first-order valence-corrected chi connectivity index (χ1v) is 8.67. The highest BCUT2D eigenvalue weighted by Crippen LogP contribution is 2.37. The Morgan fingerprint density at radius 2 is 2.04 bits per heavy atom. The Hall–Kier alpha value is -1.77. The molecule has 1 N–H and O–H groups in total. The molecule has 0 amide bonds. The van der Waals surface area contributed by atoms with E-state index in [1.165, 1.54) is 13.2 Å². The van der Waals surface area contributed by atoms with Gasteiger partial charge in [0.25, 0.3) is 0 Å². The molecule has 1 aromatic rings. The smallest absolute Gasteiger partial charge is 0.408 e. The lowest BCUT2D eigenvalue weighted by Gasteiger charge is -2.30. The van der Waals surface area contributed by atoms with Crippen molar-refractivity contribution in [2.45, 2.75) is 36.4 Å². The Balaban J connectivity index is 2.50. The van der Waals surface area contributed by atoms with E-state index in [9.17, 15) is 26.4 Å². The van der Waals surface area contributed by atoms with Crippen molar-refractivity contribution in [3.63, 3.8) is 0 Å². The van der Waals surface area contributed by atoms with Crippen LogP contribution in [-0.2, 0) is 32.2 Å². The highest BCUT2D eigenvalue weighted by Gasteiger charge is 2.42. The van der Waals surface area contributed by atoms with Crippen LogP contribution in [0.1, 0.15) is 17.5 Å². The maximum absolute atomic E-state index is 12.9. The van der Waals surface area contributed by atoms with Gasteiger partial charge in [0.1, 0.15) is 6.04 Å². The molecule has 128 valence electrons. The number of carbonyl (C=O) groups excluding carboxylic acids is 1. The summed E-state index contributed by atoms with van der Waals surface area (Å²) in [5.74, 6) is -0.554. The Bertz CT molecular complexity index is 728. The molecule has 0 aromatic heterocycles. The third-order valence-corrected chi connectivity index (χ3v) is 4.76. The number of esters is 1. The first kappa shape index (κ1) is 17.6. The zero-order valence-electron chi connectivity index (χ0n) is 12.5. The second kappa shape index (κ2) is 6.03. The van der Waals surface area contributed by atoms with Crippen molar-refractivity contribution >= 4 is 21.5 Å². The average Bonchev–Trinajstić information content (AvgIpc) is 2.43. The Morgan fingerprint density at radius 3 is 2.57 bits per heavy atom. The minimum Gasteiger partial charge on any atom is -0.469 e. The lowest BCUT2D eigenvalue weighted by atomic mass is 9.95. The summed E-state index contributed by atoms with van der Waals surface area (Å²) in [5.41, 5.74) is 0.810. The molecule has 0 saturated carbocycles. The van der Waals surface area contributed by atoms with Gasteiger partial charge in [-0.3, -0.25) is 4.79 Å². The molecule has 1 heterocycles. The number of alkyl halides is 3. The van der Waals surface area contributed by atoms with Crippen molar-refractivity contribution in [2.75, 3.05) is 18.7 Å². The number of sulfone groups is 1. The topological polar surface area (TPSA) is 72.5 Å². The molecule has 0 radical (unpaired) electrons. The lowest BCUT2D eigenvalue weighted by molar-refractivity contribution is -0.144. The summed E-state index contributed by atoms with van der Waals surface area (Å²) in [6, 6.07) is 0.971. The highest BCUT2D eigenvalue weighted by molar-refractivity contribution is 7.90. The van der Waals surface area contributed by atoms with E-state index in [0.717, 1.165) is 6.26 Å². The second-order valence-corrected chi connectivity index (χ2v) is 7.41. The first-order valence-electron chi connectivity index (χ1n) is 6.78. The number of rotatable bonds is 3. The third-order valence-electron chi connectivity index (χ3n) is 3.64. The van der Waals surface area contributed by atoms with E-state index in [1.807, 2.05) is 0 Å². The number of carbonyl (C=O) groups is 1. The summed E-state index contributed by atoms with van der Waals surface area (Å²) < 4.78 is 67.1. The summed E-state index contributed by atoms with van der Waals surface area (Å²) in [7, 11) is -2.56. The van der Waals surface area contributed by atoms with Gasteiger partial charge in [-0.05, 0) is 30.0 Å². The van der Waals surface area contributed by atoms with Crippen molar-refractivity contribution in [2.24, 2.45) is 0 Å². The van der Waals surface area contributed by atoms with Gasteiger partial charge in [0.05, 0.1) is 24.1 Å². The van der Waals surface area contributed by atoms with Crippen molar-refractivity contribution in [3.8, 4) is 0 Å². The van der Waals surface area contributed by atoms with E-state index in [2.05, 4.69) is 10.1 Å². The molecule has 1 aliphatic heterocycles. The van der Waals surface area contributed by atoms with E-state index in [1.54, 1.807) is 6.07 Å². The number of aryl methyl sites for hydroxylation is 1. The summed E-state index contributed by atoms with van der Waals surface area (Å²) >= 11 is 0. The molecule has 1 unspecified atom stereocenters. The van der Waals surface area contributed by atoms with Gasteiger partial charge >= 0.3 is 12.1 Å². The average molecular weight is 351 g/mol. The SMILES string of the molecule is COC(=O)Cc1cc2c(c(S(C)(=O)=O)c1)NC(C(F)(F)F)CC2. The monoisotopic (exact) mass is 351 g/mol. The number of fused-ring (bicyclic) bond motifs is 1. The van der Waals surface area contributed by atoms with Crippen LogP contribution in [0.2, 0.25) is 0 Å². The van der Waals surface area contributed by atoms with Gasteiger partial charge in [0.2, 0.25) is 0 Å². The zero-order valence-corrected chi connectivity index (χ0v) is 13.3. The number of nitrogens with one attached hydrogen (secondary N) is 1. The van der Waals surface area contributed by atoms with Crippen LogP contribution < -0.4 is 5.32 Å². The van der Waals surface area contributed by atoms with Crippen molar-refractivity contribution in [1.29, 1.82) is 0 Å². The summed E-state index contributed by atoms with van der Waals surface area (Å²) in [5, 5.41) is 2.29. The number of benzene rings is 1. The number of ether oxygens (including phenoxy) is 1. The van der Waals surface area contributed by atoms with Crippen molar-refractivity contribution in [1.82, 2.24) is 0 Å².